The Morgan fingerprint density at radius 1 is 1.09 bits per heavy atom. The molecule has 180 valence electrons. The Morgan fingerprint density at radius 3 is 2.39 bits per heavy atom. The molecule has 13 nitrogen and oxygen atoms in total. The molecule has 1 aliphatic heterocycles. The summed E-state index contributed by atoms with van der Waals surface area (Å²) < 4.78 is 18.9. The van der Waals surface area contributed by atoms with Crippen LogP contribution < -0.4 is 5.32 Å². The number of H-pyrrole nitrogens is 1. The molecule has 0 spiro atoms. The summed E-state index contributed by atoms with van der Waals surface area (Å²) in [5.41, 5.74) is 2.38. The van der Waals surface area contributed by atoms with Gasteiger partial charge in [0.2, 0.25) is 0 Å². The number of fused-ring (bicyclic) bond motifs is 1. The van der Waals surface area contributed by atoms with Crippen LogP contribution in [-0.2, 0) is 20.4 Å². The number of benzene rings is 1. The molecule has 1 aromatic carbocycles. The van der Waals surface area contributed by atoms with Crippen LogP contribution in [0, 0.1) is 0 Å². The Kier molecular flexibility index (Phi) is 8.59. The van der Waals surface area contributed by atoms with Gasteiger partial charge in [-0.1, -0.05) is 23.2 Å². The molecule has 1 unspecified atom stereocenters. The van der Waals surface area contributed by atoms with Crippen LogP contribution in [0.1, 0.15) is 5.56 Å². The Labute approximate surface area is 196 Å². The van der Waals surface area contributed by atoms with Crippen molar-refractivity contribution in [1.82, 2.24) is 19.9 Å². The molecule has 4 rings (SSSR count). The van der Waals surface area contributed by atoms with Gasteiger partial charge in [-0.25, -0.2) is 19.5 Å². The number of aromatic amines is 1. The van der Waals surface area contributed by atoms with Gasteiger partial charge in [-0.05, 0) is 23.8 Å². The third-order valence-corrected chi connectivity index (χ3v) is 5.27. The quantitative estimate of drug-likeness (QED) is 0.224. The number of aromatic nitrogens is 4. The lowest BCUT2D eigenvalue weighted by molar-refractivity contribution is -0.132. The molecule has 33 heavy (non-hydrogen) atoms. The number of hydrogen-bond acceptors (Lipinski definition) is 10. The maximum Gasteiger partial charge on any atom is 0.469 e. The molecule has 0 amide bonds. The number of nitrogens with one attached hydrogen (secondary N) is 2. The minimum Gasteiger partial charge on any atom is -0.387 e. The van der Waals surface area contributed by atoms with Crippen molar-refractivity contribution < 1.29 is 38.9 Å². The molecule has 3 aromatic rings. The zero-order chi connectivity index (χ0) is 24.2. The van der Waals surface area contributed by atoms with Crippen molar-refractivity contribution in [3.8, 4) is 0 Å². The Hall–Kier alpha value is -1.90. The van der Waals surface area contributed by atoms with Crippen LogP contribution in [-0.4, -0.2) is 76.3 Å². The van der Waals surface area contributed by atoms with Crippen LogP contribution in [0.4, 0.5) is 5.82 Å². The maximum atomic E-state index is 10.3. The van der Waals surface area contributed by atoms with Gasteiger partial charge in [-0.2, -0.15) is 0 Å². The first-order valence-corrected chi connectivity index (χ1v) is 11.5. The number of phosphoric acid groups is 1. The molecule has 1 saturated heterocycles. The summed E-state index contributed by atoms with van der Waals surface area (Å²) in [6.07, 6.45) is -2.61. The molecule has 0 bridgehead atoms. The summed E-state index contributed by atoms with van der Waals surface area (Å²) in [4.78, 5) is 31.9. The number of imidazole rings is 1. The van der Waals surface area contributed by atoms with Crippen LogP contribution in [0.15, 0.2) is 30.9 Å². The Balaban J connectivity index is 0.000000196. The van der Waals surface area contributed by atoms with Crippen molar-refractivity contribution in [2.45, 2.75) is 31.1 Å². The molecule has 0 radical (unpaired) electrons. The molecule has 16 heteroatoms. The van der Waals surface area contributed by atoms with Gasteiger partial charge in [0.25, 0.3) is 0 Å². The second-order valence-electron chi connectivity index (χ2n) is 6.79. The van der Waals surface area contributed by atoms with Gasteiger partial charge in [0.15, 0.2) is 17.8 Å². The molecule has 0 saturated carbocycles. The normalized spacial score (nSPS) is 22.8. The first kappa shape index (κ1) is 25.7. The van der Waals surface area contributed by atoms with E-state index in [2.05, 4.69) is 34.5 Å². The number of aliphatic hydroxyl groups excluding tert-OH is 3. The summed E-state index contributed by atoms with van der Waals surface area (Å²) in [6.45, 7) is -0.0506. The molecule has 1 aliphatic rings. The highest BCUT2D eigenvalue weighted by Crippen LogP contribution is 2.37. The van der Waals surface area contributed by atoms with E-state index in [-0.39, 0.29) is 0 Å². The van der Waals surface area contributed by atoms with Crippen molar-refractivity contribution in [1.29, 1.82) is 0 Å². The van der Waals surface area contributed by atoms with Gasteiger partial charge in [0, 0.05) is 16.6 Å². The second kappa shape index (κ2) is 11.0. The van der Waals surface area contributed by atoms with Gasteiger partial charge >= 0.3 is 7.82 Å². The number of nitrogens with zero attached hydrogens (tertiary/aromatic N) is 3. The summed E-state index contributed by atoms with van der Waals surface area (Å²) in [5.74, 6) is 0.693. The highest BCUT2D eigenvalue weighted by atomic mass is 35.5. The van der Waals surface area contributed by atoms with E-state index in [4.69, 9.17) is 48.3 Å². The van der Waals surface area contributed by atoms with E-state index in [1.54, 1.807) is 12.4 Å². The molecule has 1 fully saturated rings. The van der Waals surface area contributed by atoms with Crippen molar-refractivity contribution in [3.63, 3.8) is 0 Å². The van der Waals surface area contributed by atoms with Gasteiger partial charge in [-0.3, -0.25) is 4.52 Å². The van der Waals surface area contributed by atoms with Crippen molar-refractivity contribution >= 4 is 48.0 Å². The van der Waals surface area contributed by atoms with Crippen molar-refractivity contribution in [2.24, 2.45) is 0 Å². The first-order chi connectivity index (χ1) is 15.5. The standard InChI is InChI=1S/C12H9Cl2N5.C5H11O8P/c13-8-1-7(2-9(14)3-8)4-15-11-10-12(17-5-16-10)19-6-18-11;6-3-2(1-12-14(9,10)11)13-5(8)4(3)7/h1-3,5-6H,4H2,(H2,15,16,17,18,19);2-8H,1H2,(H2,9,10,11)/t;2-,3-,4-,5?/m.1/s1. The van der Waals surface area contributed by atoms with Gasteiger partial charge in [-0.15, -0.1) is 0 Å². The van der Waals surface area contributed by atoms with Crippen molar-refractivity contribution in [2.75, 3.05) is 11.9 Å². The molecule has 3 heterocycles. The fraction of sp³-hybridized carbons (Fsp3) is 0.353. The third-order valence-electron chi connectivity index (χ3n) is 4.35. The Morgan fingerprint density at radius 2 is 1.79 bits per heavy atom. The lowest BCUT2D eigenvalue weighted by Gasteiger charge is -2.14. The molecule has 2 aromatic heterocycles. The average Bonchev–Trinajstić information content (AvgIpc) is 3.31. The minimum absolute atomic E-state index is 0.561. The van der Waals surface area contributed by atoms with E-state index in [1.165, 1.54) is 6.33 Å². The molecular weight excluding hydrogens is 504 g/mol. The first-order valence-electron chi connectivity index (χ1n) is 9.26. The third kappa shape index (κ3) is 7.29. The van der Waals surface area contributed by atoms with E-state index in [1.807, 2.05) is 12.1 Å². The summed E-state index contributed by atoms with van der Waals surface area (Å²) in [7, 11) is -4.64. The SMILES string of the molecule is Clc1cc(Cl)cc(CNc2ncnc3nc[nH]c23)c1.O=P(O)(O)OC[C@H]1OC(O)[C@H](O)[C@@H]1O. The number of halogens is 2. The van der Waals surface area contributed by atoms with Crippen molar-refractivity contribution in [3.05, 3.63) is 46.5 Å². The van der Waals surface area contributed by atoms with Crippen LogP contribution in [0.5, 0.6) is 0 Å². The van der Waals surface area contributed by atoms with Crippen LogP contribution in [0.3, 0.4) is 0 Å². The largest absolute Gasteiger partial charge is 0.469 e. The zero-order valence-corrected chi connectivity index (χ0v) is 19.0. The van der Waals surface area contributed by atoms with Crippen LogP contribution >= 0.6 is 31.0 Å². The predicted molar refractivity (Wildman–Crippen MR) is 116 cm³/mol. The van der Waals surface area contributed by atoms with E-state index in [0.717, 1.165) is 11.1 Å². The zero-order valence-electron chi connectivity index (χ0n) is 16.6. The number of anilines is 1. The van der Waals surface area contributed by atoms with Gasteiger partial charge in [0.1, 0.15) is 30.2 Å². The summed E-state index contributed by atoms with van der Waals surface area (Å²) >= 11 is 11.9. The van der Waals surface area contributed by atoms with Gasteiger partial charge < -0.3 is 40.1 Å². The number of phosphoric ester groups is 1. The molecule has 0 aliphatic carbocycles. The minimum atomic E-state index is -4.64. The van der Waals surface area contributed by atoms with E-state index < -0.39 is 39.0 Å². The highest BCUT2D eigenvalue weighted by Gasteiger charge is 2.42. The maximum absolute atomic E-state index is 10.3. The Bertz CT molecular complexity index is 1110. The summed E-state index contributed by atoms with van der Waals surface area (Å²) in [6, 6.07) is 5.40. The molecule has 4 atom stereocenters. The fourth-order valence-corrected chi connectivity index (χ4v) is 3.75. The molecular formula is C17H20Cl2N5O8P. The highest BCUT2D eigenvalue weighted by molar-refractivity contribution is 7.46. The van der Waals surface area contributed by atoms with Gasteiger partial charge in [0.05, 0.1) is 12.9 Å². The summed E-state index contributed by atoms with van der Waals surface area (Å²) in [5, 5.41) is 31.5. The fourth-order valence-electron chi connectivity index (χ4n) is 2.83. The topological polar surface area (TPSA) is 203 Å². The number of aliphatic hydroxyl groups is 3. The number of ether oxygens (including phenoxy) is 1. The molecule has 7 N–H and O–H groups in total. The second-order valence-corrected chi connectivity index (χ2v) is 8.90. The average molecular weight is 524 g/mol. The number of rotatable bonds is 6. The lowest BCUT2D eigenvalue weighted by atomic mass is 10.1. The van der Waals surface area contributed by atoms with Crippen LogP contribution in [0.25, 0.3) is 11.2 Å². The lowest BCUT2D eigenvalue weighted by Crippen LogP contribution is -2.34. The van der Waals surface area contributed by atoms with E-state index in [9.17, 15) is 4.57 Å². The van der Waals surface area contributed by atoms with E-state index >= 15 is 0 Å². The number of hydrogen-bond donors (Lipinski definition) is 7. The smallest absolute Gasteiger partial charge is 0.387 e. The predicted octanol–water partition coefficient (Wildman–Crippen LogP) is 0.806. The monoisotopic (exact) mass is 523 g/mol. The van der Waals surface area contributed by atoms with E-state index in [0.29, 0.717) is 28.1 Å². The van der Waals surface area contributed by atoms with Crippen LogP contribution in [0.2, 0.25) is 10.0 Å².